The van der Waals surface area contributed by atoms with Crippen LogP contribution in [0.1, 0.15) is 30.9 Å². The van der Waals surface area contributed by atoms with Crippen molar-refractivity contribution in [3.63, 3.8) is 0 Å². The topological polar surface area (TPSA) is 63.9 Å². The number of carbonyl (C=O) groups excluding carboxylic acids is 1. The molecule has 1 fully saturated rings. The van der Waals surface area contributed by atoms with Gasteiger partial charge < -0.3 is 19.2 Å². The van der Waals surface area contributed by atoms with Crippen LogP contribution in [0.5, 0.6) is 11.5 Å². The summed E-state index contributed by atoms with van der Waals surface area (Å²) in [6.07, 6.45) is 2.32. The predicted molar refractivity (Wildman–Crippen MR) is 111 cm³/mol. The molecule has 1 amide bonds. The highest BCUT2D eigenvalue weighted by Gasteiger charge is 2.30. The minimum absolute atomic E-state index is 0.157. The Balaban J connectivity index is 1.68. The molecule has 28 heavy (non-hydrogen) atoms. The summed E-state index contributed by atoms with van der Waals surface area (Å²) < 4.78 is 16.8. The summed E-state index contributed by atoms with van der Waals surface area (Å²) >= 11 is 5.33. The van der Waals surface area contributed by atoms with Crippen molar-refractivity contribution >= 4 is 29.3 Å². The zero-order valence-electron chi connectivity index (χ0n) is 16.3. The van der Waals surface area contributed by atoms with Gasteiger partial charge in [-0.2, -0.15) is 0 Å². The molecule has 2 aromatic rings. The highest BCUT2D eigenvalue weighted by molar-refractivity contribution is 7.80. The molecule has 0 spiro atoms. The predicted octanol–water partition coefficient (Wildman–Crippen LogP) is 3.69. The van der Waals surface area contributed by atoms with Crippen molar-refractivity contribution in [2.24, 2.45) is 0 Å². The number of carbonyl (C=O) groups is 1. The normalized spacial score (nSPS) is 15.2. The zero-order chi connectivity index (χ0) is 20.1. The molecule has 1 saturated heterocycles. The van der Waals surface area contributed by atoms with Crippen LogP contribution >= 0.6 is 12.2 Å². The molecule has 3 rings (SSSR count). The summed E-state index contributed by atoms with van der Waals surface area (Å²) in [6.45, 7) is 7.33. The maximum absolute atomic E-state index is 12.7. The maximum Gasteiger partial charge on any atom is 0.276 e. The number of benzene rings is 1. The highest BCUT2D eigenvalue weighted by atomic mass is 32.1. The number of furan rings is 1. The number of rotatable bonds is 8. The van der Waals surface area contributed by atoms with Crippen LogP contribution < -0.4 is 14.8 Å². The number of nitrogens with one attached hydrogen (secondary N) is 1. The lowest BCUT2D eigenvalue weighted by molar-refractivity contribution is -0.122. The van der Waals surface area contributed by atoms with Gasteiger partial charge in [-0.15, -0.1) is 0 Å². The van der Waals surface area contributed by atoms with E-state index >= 15 is 0 Å². The Hall–Kier alpha value is -2.80. The van der Waals surface area contributed by atoms with E-state index in [1.165, 1.54) is 0 Å². The van der Waals surface area contributed by atoms with Crippen LogP contribution in [0.2, 0.25) is 0 Å². The molecular formula is C21H24N2O4S. The van der Waals surface area contributed by atoms with Gasteiger partial charge >= 0.3 is 0 Å². The fraction of sp³-hybridized carbons (Fsp3) is 0.333. The molecule has 1 N–H and O–H groups in total. The summed E-state index contributed by atoms with van der Waals surface area (Å²) in [6, 6.07) is 9.50. The van der Waals surface area contributed by atoms with Gasteiger partial charge in [0, 0.05) is 12.6 Å². The first kappa shape index (κ1) is 19.9. The molecule has 0 atom stereocenters. The van der Waals surface area contributed by atoms with Gasteiger partial charge in [0.2, 0.25) is 0 Å². The van der Waals surface area contributed by atoms with Crippen molar-refractivity contribution in [1.29, 1.82) is 0 Å². The fourth-order valence-corrected chi connectivity index (χ4v) is 3.22. The smallest absolute Gasteiger partial charge is 0.276 e. The average molecular weight is 401 g/mol. The molecule has 0 saturated carbocycles. The monoisotopic (exact) mass is 400 g/mol. The van der Waals surface area contributed by atoms with Gasteiger partial charge in [-0.05, 0) is 69.2 Å². The van der Waals surface area contributed by atoms with Gasteiger partial charge in [0.15, 0.2) is 16.6 Å². The number of thiocarbonyl (C=S) groups is 1. The van der Waals surface area contributed by atoms with E-state index < -0.39 is 0 Å². The van der Waals surface area contributed by atoms with E-state index in [-0.39, 0.29) is 5.91 Å². The van der Waals surface area contributed by atoms with Crippen LogP contribution in [-0.2, 0) is 11.2 Å². The molecule has 0 aliphatic carbocycles. The van der Waals surface area contributed by atoms with Gasteiger partial charge in [-0.3, -0.25) is 9.69 Å². The summed E-state index contributed by atoms with van der Waals surface area (Å²) in [7, 11) is 0. The van der Waals surface area contributed by atoms with Crippen LogP contribution in [0.3, 0.4) is 0 Å². The van der Waals surface area contributed by atoms with Crippen LogP contribution in [0.4, 0.5) is 0 Å². The van der Waals surface area contributed by atoms with Crippen LogP contribution in [0.25, 0.3) is 6.08 Å². The summed E-state index contributed by atoms with van der Waals surface area (Å²) in [5.74, 6) is 2.68. The average Bonchev–Trinajstić information content (AvgIpc) is 3.19. The van der Waals surface area contributed by atoms with E-state index in [1.54, 1.807) is 11.0 Å². The number of ether oxygens (including phenoxy) is 2. The fourth-order valence-electron chi connectivity index (χ4n) is 2.94. The van der Waals surface area contributed by atoms with E-state index in [2.05, 4.69) is 5.32 Å². The number of aryl methyl sites for hydroxylation is 1. The Morgan fingerprint density at radius 3 is 2.57 bits per heavy atom. The van der Waals surface area contributed by atoms with Crippen molar-refractivity contribution in [3.8, 4) is 11.5 Å². The molecule has 0 radical (unpaired) electrons. The third-order valence-corrected chi connectivity index (χ3v) is 4.56. The van der Waals surface area contributed by atoms with E-state index in [9.17, 15) is 4.79 Å². The maximum atomic E-state index is 12.7. The second-order valence-electron chi connectivity index (χ2n) is 6.29. The lowest BCUT2D eigenvalue weighted by Gasteiger charge is -2.15. The molecule has 148 valence electrons. The first-order chi connectivity index (χ1) is 13.5. The second-order valence-corrected chi connectivity index (χ2v) is 6.68. The van der Waals surface area contributed by atoms with Gasteiger partial charge in [0.05, 0.1) is 13.2 Å². The highest BCUT2D eigenvalue weighted by Crippen LogP contribution is 2.29. The quantitative estimate of drug-likeness (QED) is 0.539. The Morgan fingerprint density at radius 2 is 1.89 bits per heavy atom. The van der Waals surface area contributed by atoms with Gasteiger partial charge in [0.1, 0.15) is 17.2 Å². The molecule has 1 aliphatic rings. The molecular weight excluding hydrogens is 376 g/mol. The third-order valence-electron chi connectivity index (χ3n) is 4.24. The molecule has 1 aromatic heterocycles. The molecule has 2 heterocycles. The van der Waals surface area contributed by atoms with Crippen molar-refractivity contribution in [3.05, 3.63) is 53.1 Å². The first-order valence-corrected chi connectivity index (χ1v) is 9.72. The molecule has 0 unspecified atom stereocenters. The third kappa shape index (κ3) is 4.54. The minimum Gasteiger partial charge on any atom is -0.490 e. The molecule has 1 aromatic carbocycles. The number of nitrogens with zero attached hydrogens (tertiary/aromatic N) is 1. The van der Waals surface area contributed by atoms with Gasteiger partial charge in [0.25, 0.3) is 5.91 Å². The Bertz CT molecular complexity index is 904. The number of hydrogen-bond acceptors (Lipinski definition) is 5. The SMILES string of the molecule is CCOc1ccc(CCN2C(=O)/C(=C/c3ccc(C)o3)NC2=S)cc1OCC. The Labute approximate surface area is 170 Å². The molecule has 0 bridgehead atoms. The van der Waals surface area contributed by atoms with Crippen LogP contribution in [0.15, 0.2) is 40.4 Å². The van der Waals surface area contributed by atoms with Gasteiger partial charge in [-0.1, -0.05) is 6.07 Å². The van der Waals surface area contributed by atoms with E-state index in [4.69, 9.17) is 26.1 Å². The lowest BCUT2D eigenvalue weighted by Crippen LogP contribution is -2.32. The lowest BCUT2D eigenvalue weighted by atomic mass is 10.1. The molecule has 6 nitrogen and oxygen atoms in total. The number of amides is 1. The second kappa shape index (κ2) is 8.93. The summed E-state index contributed by atoms with van der Waals surface area (Å²) in [5.41, 5.74) is 1.46. The van der Waals surface area contributed by atoms with Crippen LogP contribution in [0, 0.1) is 6.92 Å². The van der Waals surface area contributed by atoms with Crippen molar-refractivity contribution < 1.29 is 18.7 Å². The summed E-state index contributed by atoms with van der Waals surface area (Å²) in [5, 5.41) is 3.37. The Morgan fingerprint density at radius 1 is 1.14 bits per heavy atom. The van der Waals surface area contributed by atoms with E-state index in [1.807, 2.05) is 51.1 Å². The largest absolute Gasteiger partial charge is 0.490 e. The van der Waals surface area contributed by atoms with Crippen LogP contribution in [-0.4, -0.2) is 35.7 Å². The van der Waals surface area contributed by atoms with Crippen molar-refractivity contribution in [1.82, 2.24) is 10.2 Å². The van der Waals surface area contributed by atoms with E-state index in [0.29, 0.717) is 48.5 Å². The molecule has 1 aliphatic heterocycles. The van der Waals surface area contributed by atoms with Gasteiger partial charge in [-0.25, -0.2) is 0 Å². The first-order valence-electron chi connectivity index (χ1n) is 9.31. The minimum atomic E-state index is -0.157. The van der Waals surface area contributed by atoms with E-state index in [0.717, 1.165) is 17.1 Å². The number of hydrogen-bond donors (Lipinski definition) is 1. The Kier molecular flexibility index (Phi) is 6.36. The van der Waals surface area contributed by atoms with Crippen molar-refractivity contribution in [2.75, 3.05) is 19.8 Å². The summed E-state index contributed by atoms with van der Waals surface area (Å²) in [4.78, 5) is 14.2. The molecule has 7 heteroatoms. The standard InChI is InChI=1S/C21H24N2O4S/c1-4-25-18-9-7-15(12-19(18)26-5-2)10-11-23-20(24)17(22-21(23)28)13-16-8-6-14(3)27-16/h6-9,12-13H,4-5,10-11H2,1-3H3,(H,22,28)/b17-13-. The van der Waals surface area contributed by atoms with Crippen molar-refractivity contribution in [2.45, 2.75) is 27.2 Å². The zero-order valence-corrected chi connectivity index (χ0v) is 17.1.